The number of likely N-dealkylation sites (N-methyl/N-ethyl adjacent to an activating group) is 1. The molecule has 0 saturated carbocycles. The van der Waals surface area contributed by atoms with E-state index in [-0.39, 0.29) is 12.0 Å². The molecule has 0 N–H and O–H groups in total. The van der Waals surface area contributed by atoms with Crippen LogP contribution in [0.15, 0.2) is 5.38 Å². The first-order chi connectivity index (χ1) is 9.19. The molecule has 1 aromatic heterocycles. The van der Waals surface area contributed by atoms with Crippen LogP contribution in [0.3, 0.4) is 0 Å². The summed E-state index contributed by atoms with van der Waals surface area (Å²) in [4.78, 5) is 18.1. The largest absolute Gasteiger partial charge is 0.376 e. The topological polar surface area (TPSA) is 42.4 Å². The van der Waals surface area contributed by atoms with Crippen molar-refractivity contribution in [3.05, 3.63) is 16.1 Å². The van der Waals surface area contributed by atoms with Crippen LogP contribution in [0.25, 0.3) is 0 Å². The minimum absolute atomic E-state index is 0.0876. The van der Waals surface area contributed by atoms with E-state index in [1.165, 1.54) is 17.8 Å². The summed E-state index contributed by atoms with van der Waals surface area (Å²) in [6.07, 6.45) is 3.92. The monoisotopic (exact) mass is 302 g/mol. The van der Waals surface area contributed by atoms with E-state index in [1.807, 2.05) is 12.4 Å². The van der Waals surface area contributed by atoms with Gasteiger partial charge in [-0.05, 0) is 19.3 Å². The van der Waals surface area contributed by atoms with E-state index in [9.17, 15) is 4.79 Å². The Labute approximate surface area is 122 Å². The number of alkyl halides is 1. The fraction of sp³-hybridized carbons (Fsp3) is 0.692. The second-order valence-electron chi connectivity index (χ2n) is 4.81. The second-order valence-corrected chi connectivity index (χ2v) is 6.02. The molecule has 1 saturated heterocycles. The van der Waals surface area contributed by atoms with Gasteiger partial charge < -0.3 is 9.64 Å². The Hall–Kier alpha value is -0.650. The molecule has 0 bridgehead atoms. The summed E-state index contributed by atoms with van der Waals surface area (Å²) >= 11 is 7.19. The summed E-state index contributed by atoms with van der Waals surface area (Å²) in [5.74, 6) is 0.487. The lowest BCUT2D eigenvalue weighted by Crippen LogP contribution is -2.37. The molecule has 1 fully saturated rings. The minimum Gasteiger partial charge on any atom is -0.376 e. The number of hydrogen-bond donors (Lipinski definition) is 0. The Bertz CT molecular complexity index is 419. The van der Waals surface area contributed by atoms with Gasteiger partial charge in [0.15, 0.2) is 0 Å². The normalized spacial score (nSPS) is 19.4. The van der Waals surface area contributed by atoms with Crippen molar-refractivity contribution >= 4 is 28.8 Å². The Morgan fingerprint density at radius 1 is 1.63 bits per heavy atom. The predicted molar refractivity (Wildman–Crippen MR) is 76.6 cm³/mol. The molecule has 0 spiro atoms. The first kappa shape index (κ1) is 14.8. The smallest absolute Gasteiger partial charge is 0.229 e. The van der Waals surface area contributed by atoms with Crippen molar-refractivity contribution in [3.63, 3.8) is 0 Å². The molecule has 0 aliphatic carbocycles. The Kier molecular flexibility index (Phi) is 5.60. The van der Waals surface area contributed by atoms with E-state index >= 15 is 0 Å². The van der Waals surface area contributed by atoms with Crippen LogP contribution in [0.2, 0.25) is 0 Å². The number of ether oxygens (including phenoxy) is 1. The van der Waals surface area contributed by atoms with E-state index in [0.29, 0.717) is 18.8 Å². The van der Waals surface area contributed by atoms with Gasteiger partial charge in [0.1, 0.15) is 5.01 Å². The zero-order valence-electron chi connectivity index (χ0n) is 11.1. The molecule has 1 unspecified atom stereocenters. The molecule has 1 aliphatic rings. The van der Waals surface area contributed by atoms with Crippen LogP contribution in [0.4, 0.5) is 0 Å². The van der Waals surface area contributed by atoms with E-state index in [0.717, 1.165) is 30.2 Å². The standard InChI is InChI=1S/C13H19ClN2O2S/c1-16(8-11-4-2-3-5-18-11)13(17)6-12-15-10(7-14)9-19-12/h9,11H,2-8H2,1H3. The predicted octanol–water partition coefficient (Wildman–Crippen LogP) is 2.45. The summed E-state index contributed by atoms with van der Waals surface area (Å²) in [6.45, 7) is 1.49. The lowest BCUT2D eigenvalue weighted by atomic mass is 10.1. The van der Waals surface area contributed by atoms with E-state index in [1.54, 1.807) is 4.90 Å². The molecular weight excluding hydrogens is 284 g/mol. The second kappa shape index (κ2) is 7.22. The molecule has 1 aliphatic heterocycles. The van der Waals surface area contributed by atoms with Gasteiger partial charge in [0.2, 0.25) is 5.91 Å². The van der Waals surface area contributed by atoms with Crippen LogP contribution in [0.1, 0.15) is 30.0 Å². The lowest BCUT2D eigenvalue weighted by Gasteiger charge is -2.27. The van der Waals surface area contributed by atoms with Crippen molar-refractivity contribution in [3.8, 4) is 0 Å². The van der Waals surface area contributed by atoms with Crippen molar-refractivity contribution in [2.24, 2.45) is 0 Å². The number of rotatable bonds is 5. The van der Waals surface area contributed by atoms with Crippen LogP contribution >= 0.6 is 22.9 Å². The van der Waals surface area contributed by atoms with Crippen molar-refractivity contribution in [2.75, 3.05) is 20.2 Å². The Morgan fingerprint density at radius 2 is 2.47 bits per heavy atom. The van der Waals surface area contributed by atoms with Crippen LogP contribution in [-0.4, -0.2) is 42.1 Å². The first-order valence-electron chi connectivity index (χ1n) is 6.54. The van der Waals surface area contributed by atoms with Gasteiger partial charge in [-0.2, -0.15) is 0 Å². The van der Waals surface area contributed by atoms with Crippen LogP contribution < -0.4 is 0 Å². The summed E-state index contributed by atoms with van der Waals surface area (Å²) < 4.78 is 5.65. The Morgan fingerprint density at radius 3 is 3.11 bits per heavy atom. The van der Waals surface area contributed by atoms with Crippen molar-refractivity contribution in [1.29, 1.82) is 0 Å². The Balaban J connectivity index is 1.81. The van der Waals surface area contributed by atoms with Crippen molar-refractivity contribution in [2.45, 2.75) is 37.7 Å². The summed E-state index contributed by atoms with van der Waals surface area (Å²) in [6, 6.07) is 0. The molecule has 19 heavy (non-hydrogen) atoms. The fourth-order valence-electron chi connectivity index (χ4n) is 2.11. The number of carbonyl (C=O) groups is 1. The average molecular weight is 303 g/mol. The average Bonchev–Trinajstić information content (AvgIpc) is 2.87. The zero-order valence-corrected chi connectivity index (χ0v) is 12.7. The maximum absolute atomic E-state index is 12.1. The van der Waals surface area contributed by atoms with Gasteiger partial charge in [-0.1, -0.05) is 0 Å². The first-order valence-corrected chi connectivity index (χ1v) is 7.95. The lowest BCUT2D eigenvalue weighted by molar-refractivity contribution is -0.131. The number of amides is 1. The third-order valence-corrected chi connectivity index (χ3v) is 4.39. The number of aromatic nitrogens is 1. The molecule has 0 aromatic carbocycles. The van der Waals surface area contributed by atoms with Crippen LogP contribution in [0, 0.1) is 0 Å². The molecule has 2 heterocycles. The minimum atomic E-state index is 0.0876. The molecular formula is C13H19ClN2O2S. The SMILES string of the molecule is CN(CC1CCCCO1)C(=O)Cc1nc(CCl)cs1. The molecule has 1 amide bonds. The molecule has 4 nitrogen and oxygen atoms in total. The summed E-state index contributed by atoms with van der Waals surface area (Å²) in [7, 11) is 1.83. The third-order valence-electron chi connectivity index (χ3n) is 3.22. The number of halogens is 1. The van der Waals surface area contributed by atoms with E-state index in [2.05, 4.69) is 4.98 Å². The molecule has 2 rings (SSSR count). The summed E-state index contributed by atoms with van der Waals surface area (Å²) in [5, 5.41) is 2.73. The van der Waals surface area contributed by atoms with Crippen LogP contribution in [-0.2, 0) is 21.8 Å². The highest BCUT2D eigenvalue weighted by Gasteiger charge is 2.19. The highest BCUT2D eigenvalue weighted by Crippen LogP contribution is 2.15. The van der Waals surface area contributed by atoms with Gasteiger partial charge >= 0.3 is 0 Å². The number of carbonyl (C=O) groups excluding carboxylic acids is 1. The van der Waals surface area contributed by atoms with Gasteiger partial charge in [-0.15, -0.1) is 22.9 Å². The summed E-state index contributed by atoms with van der Waals surface area (Å²) in [5.41, 5.74) is 0.840. The molecule has 106 valence electrons. The molecule has 6 heteroatoms. The van der Waals surface area contributed by atoms with Gasteiger partial charge in [-0.25, -0.2) is 4.98 Å². The maximum Gasteiger partial charge on any atom is 0.229 e. The highest BCUT2D eigenvalue weighted by atomic mass is 35.5. The molecule has 1 aromatic rings. The van der Waals surface area contributed by atoms with E-state index in [4.69, 9.17) is 16.3 Å². The van der Waals surface area contributed by atoms with Crippen molar-refractivity contribution < 1.29 is 9.53 Å². The van der Waals surface area contributed by atoms with Gasteiger partial charge in [-0.3, -0.25) is 4.79 Å². The zero-order chi connectivity index (χ0) is 13.7. The van der Waals surface area contributed by atoms with Gasteiger partial charge in [0.25, 0.3) is 0 Å². The third kappa shape index (κ3) is 4.44. The maximum atomic E-state index is 12.1. The quantitative estimate of drug-likeness (QED) is 0.785. The molecule has 1 atom stereocenters. The highest BCUT2D eigenvalue weighted by molar-refractivity contribution is 7.09. The number of nitrogens with zero attached hydrogens (tertiary/aromatic N) is 2. The van der Waals surface area contributed by atoms with Crippen LogP contribution in [0.5, 0.6) is 0 Å². The van der Waals surface area contributed by atoms with Gasteiger partial charge in [0.05, 0.1) is 24.1 Å². The molecule has 0 radical (unpaired) electrons. The number of thiazole rings is 1. The fourth-order valence-corrected chi connectivity index (χ4v) is 3.13. The van der Waals surface area contributed by atoms with Gasteiger partial charge in [0, 0.05) is 25.6 Å². The van der Waals surface area contributed by atoms with E-state index < -0.39 is 0 Å². The van der Waals surface area contributed by atoms with Crippen molar-refractivity contribution in [1.82, 2.24) is 9.88 Å². The number of hydrogen-bond acceptors (Lipinski definition) is 4.